The van der Waals surface area contributed by atoms with E-state index in [1.807, 2.05) is 12.1 Å². The monoisotopic (exact) mass is 546 g/mol. The number of amides is 2. The number of carboxylic acid groups (broad SMARTS) is 1. The van der Waals surface area contributed by atoms with E-state index in [2.05, 4.69) is 15.5 Å². The van der Waals surface area contributed by atoms with Gasteiger partial charge in [-0.3, -0.25) is 23.2 Å². The van der Waals surface area contributed by atoms with E-state index in [0.717, 1.165) is 20.9 Å². The summed E-state index contributed by atoms with van der Waals surface area (Å²) in [5.74, 6) is -2.29. The van der Waals surface area contributed by atoms with E-state index in [0.29, 0.717) is 11.0 Å². The lowest BCUT2D eigenvalue weighted by Crippen LogP contribution is -2.71. The molecule has 5 rings (SSSR count). The first kappa shape index (κ1) is 24.0. The predicted molar refractivity (Wildman–Crippen MR) is 136 cm³/mol. The summed E-state index contributed by atoms with van der Waals surface area (Å²) in [7, 11) is 1.27. The average Bonchev–Trinajstić information content (AvgIpc) is 3.43. The number of hydrogen-bond acceptors (Lipinski definition) is 11. The molecule has 12 nitrogen and oxygen atoms in total. The van der Waals surface area contributed by atoms with Crippen molar-refractivity contribution in [3.05, 3.63) is 57.0 Å². The van der Waals surface area contributed by atoms with Gasteiger partial charge in [-0.15, -0.1) is 23.1 Å². The van der Waals surface area contributed by atoms with Crippen LogP contribution in [0, 0.1) is 0 Å². The minimum atomic E-state index is -1.28. The SMILES string of the molecule is CON=C(C(=O)N[C@@H]1C(=O)N2C(C(=O)O)=C(Cn3sc4ccccc4c3=O)CS[C@H]12)c1csc(N)n1. The molecule has 0 aliphatic carbocycles. The van der Waals surface area contributed by atoms with Crippen molar-refractivity contribution in [2.45, 2.75) is 18.0 Å². The standard InChI is InChI=1S/C21H18N6O6S3/c1-33-25-13(11-8-35-21(22)23-11)16(28)24-14-18(30)27-15(20(31)32)9(7-34-19(14)27)6-26-17(29)10-4-2-3-5-12(10)36-26/h2-5,8,14,19H,6-7H2,1H3,(H2,22,23)(H,24,28)(H,31,32)/t14-,19-/m1/s1. The van der Waals surface area contributed by atoms with Crippen molar-refractivity contribution in [2.24, 2.45) is 5.16 Å². The fourth-order valence-corrected chi connectivity index (χ4v) is 6.92. The number of carboxylic acids is 1. The molecule has 0 bridgehead atoms. The van der Waals surface area contributed by atoms with Crippen LogP contribution in [0.4, 0.5) is 5.13 Å². The Labute approximate surface area is 215 Å². The van der Waals surface area contributed by atoms with Crippen LogP contribution >= 0.6 is 34.6 Å². The van der Waals surface area contributed by atoms with Crippen molar-refractivity contribution in [2.75, 3.05) is 18.6 Å². The van der Waals surface area contributed by atoms with Gasteiger partial charge in [-0.2, -0.15) is 0 Å². The number of oxime groups is 1. The molecule has 186 valence electrons. The molecule has 1 aromatic carbocycles. The number of carbonyl (C=O) groups is 3. The number of carbonyl (C=O) groups excluding carboxylic acids is 2. The number of β-lactam (4-membered cyclic amide) rings is 1. The van der Waals surface area contributed by atoms with E-state index in [1.54, 1.807) is 12.1 Å². The number of nitrogen functional groups attached to an aromatic ring is 1. The number of nitrogens with one attached hydrogen (secondary N) is 1. The largest absolute Gasteiger partial charge is 0.477 e. The highest BCUT2D eigenvalue weighted by molar-refractivity contribution is 8.00. The number of hydrogen-bond donors (Lipinski definition) is 3. The zero-order chi connectivity index (χ0) is 25.6. The summed E-state index contributed by atoms with van der Waals surface area (Å²) in [4.78, 5) is 60.7. The number of benzene rings is 1. The first-order valence-corrected chi connectivity index (χ1v) is 13.1. The number of aromatic nitrogens is 2. The molecular weight excluding hydrogens is 528 g/mol. The van der Waals surface area contributed by atoms with Gasteiger partial charge in [0.05, 0.1) is 16.6 Å². The van der Waals surface area contributed by atoms with E-state index < -0.39 is 29.2 Å². The molecule has 2 atom stereocenters. The van der Waals surface area contributed by atoms with Gasteiger partial charge in [0.25, 0.3) is 17.4 Å². The number of aliphatic carboxylic acids is 1. The zero-order valence-corrected chi connectivity index (χ0v) is 21.0. The van der Waals surface area contributed by atoms with Gasteiger partial charge in [0.1, 0.15) is 29.9 Å². The summed E-state index contributed by atoms with van der Waals surface area (Å²) in [6, 6.07) is 6.16. The Morgan fingerprint density at radius 2 is 2.11 bits per heavy atom. The van der Waals surface area contributed by atoms with Crippen LogP contribution in [0.15, 0.2) is 50.9 Å². The number of fused-ring (bicyclic) bond motifs is 2. The van der Waals surface area contributed by atoms with E-state index in [4.69, 9.17) is 10.6 Å². The third-order valence-corrected chi connectivity index (χ3v) is 8.67. The molecule has 4 heterocycles. The maximum absolute atomic E-state index is 13.0. The van der Waals surface area contributed by atoms with Crippen LogP contribution < -0.4 is 16.6 Å². The zero-order valence-electron chi connectivity index (χ0n) is 18.5. The lowest BCUT2D eigenvalue weighted by Gasteiger charge is -2.49. The number of anilines is 1. The Balaban J connectivity index is 1.38. The van der Waals surface area contributed by atoms with Crippen LogP contribution in [0.3, 0.4) is 0 Å². The van der Waals surface area contributed by atoms with Gasteiger partial charge in [0.15, 0.2) is 10.8 Å². The summed E-state index contributed by atoms with van der Waals surface area (Å²) < 4.78 is 2.28. The second-order valence-electron chi connectivity index (χ2n) is 7.74. The lowest BCUT2D eigenvalue weighted by molar-refractivity contribution is -0.150. The summed E-state index contributed by atoms with van der Waals surface area (Å²) in [6.07, 6.45) is 0. The second-order valence-corrected chi connectivity index (χ2v) is 10.8. The highest BCUT2D eigenvalue weighted by atomic mass is 32.2. The number of nitrogens with zero attached hydrogens (tertiary/aromatic N) is 4. The van der Waals surface area contributed by atoms with Crippen molar-refractivity contribution >= 4 is 73.3 Å². The van der Waals surface area contributed by atoms with Crippen LogP contribution in [0.2, 0.25) is 0 Å². The summed E-state index contributed by atoms with van der Waals surface area (Å²) in [5, 5.41) is 17.9. The van der Waals surface area contributed by atoms with Crippen molar-refractivity contribution in [1.82, 2.24) is 19.2 Å². The summed E-state index contributed by atoms with van der Waals surface area (Å²) in [5.41, 5.74) is 5.73. The van der Waals surface area contributed by atoms with Gasteiger partial charge < -0.3 is 21.0 Å². The molecule has 2 aliphatic rings. The minimum absolute atomic E-state index is 0.0518. The highest BCUT2D eigenvalue weighted by Crippen LogP contribution is 2.41. The molecule has 0 spiro atoms. The van der Waals surface area contributed by atoms with Gasteiger partial charge in [-0.05, 0) is 17.7 Å². The quantitative estimate of drug-likeness (QED) is 0.221. The molecule has 2 aliphatic heterocycles. The highest BCUT2D eigenvalue weighted by Gasteiger charge is 2.54. The van der Waals surface area contributed by atoms with Crippen molar-refractivity contribution < 1.29 is 24.3 Å². The van der Waals surface area contributed by atoms with Crippen LogP contribution in [0.1, 0.15) is 5.69 Å². The Morgan fingerprint density at radius 1 is 1.33 bits per heavy atom. The number of thioether (sulfide) groups is 1. The Morgan fingerprint density at radius 3 is 2.78 bits per heavy atom. The molecule has 4 N–H and O–H groups in total. The number of nitrogens with two attached hydrogens (primary N) is 1. The fourth-order valence-electron chi connectivity index (χ4n) is 4.00. The maximum atomic E-state index is 13.0. The third kappa shape index (κ3) is 4.04. The molecule has 3 aromatic rings. The average molecular weight is 547 g/mol. The molecule has 2 aromatic heterocycles. The van der Waals surface area contributed by atoms with Crippen LogP contribution in [0.25, 0.3) is 10.1 Å². The van der Waals surface area contributed by atoms with E-state index >= 15 is 0 Å². The van der Waals surface area contributed by atoms with E-state index in [9.17, 15) is 24.3 Å². The van der Waals surface area contributed by atoms with Crippen molar-refractivity contribution in [3.63, 3.8) is 0 Å². The molecular formula is C21H18N6O6S3. The Hall–Kier alpha value is -3.69. The molecule has 0 unspecified atom stereocenters. The van der Waals surface area contributed by atoms with Crippen LogP contribution in [-0.2, 0) is 25.8 Å². The molecule has 0 saturated carbocycles. The Kier molecular flexibility index (Phi) is 6.27. The Bertz CT molecular complexity index is 1520. The second kappa shape index (κ2) is 9.40. The summed E-state index contributed by atoms with van der Waals surface area (Å²) >= 11 is 3.66. The number of thiazole rings is 1. The summed E-state index contributed by atoms with van der Waals surface area (Å²) in [6.45, 7) is 0.0518. The molecule has 1 fully saturated rings. The van der Waals surface area contributed by atoms with Crippen LogP contribution in [-0.4, -0.2) is 66.7 Å². The van der Waals surface area contributed by atoms with E-state index in [1.165, 1.54) is 39.7 Å². The smallest absolute Gasteiger partial charge is 0.352 e. The lowest BCUT2D eigenvalue weighted by atomic mass is 10.0. The molecule has 2 amide bonds. The minimum Gasteiger partial charge on any atom is -0.477 e. The normalized spacial score (nSPS) is 19.8. The predicted octanol–water partition coefficient (Wildman–Crippen LogP) is 0.891. The van der Waals surface area contributed by atoms with E-state index in [-0.39, 0.29) is 40.1 Å². The first-order chi connectivity index (χ1) is 17.3. The van der Waals surface area contributed by atoms with Gasteiger partial charge in [-0.25, -0.2) is 9.78 Å². The van der Waals surface area contributed by atoms with Crippen molar-refractivity contribution in [1.29, 1.82) is 0 Å². The molecule has 0 radical (unpaired) electrons. The van der Waals surface area contributed by atoms with Gasteiger partial charge in [-0.1, -0.05) is 28.8 Å². The molecule has 1 saturated heterocycles. The first-order valence-electron chi connectivity index (χ1n) is 10.4. The maximum Gasteiger partial charge on any atom is 0.352 e. The van der Waals surface area contributed by atoms with Gasteiger partial charge in [0, 0.05) is 11.1 Å². The topological polar surface area (TPSA) is 169 Å². The van der Waals surface area contributed by atoms with Gasteiger partial charge in [0.2, 0.25) is 0 Å². The molecule has 36 heavy (non-hydrogen) atoms. The van der Waals surface area contributed by atoms with Crippen molar-refractivity contribution in [3.8, 4) is 0 Å². The molecule has 15 heteroatoms. The number of rotatable bonds is 7. The fraction of sp³-hybridized carbons (Fsp3) is 0.238. The third-order valence-electron chi connectivity index (χ3n) is 5.59. The van der Waals surface area contributed by atoms with Gasteiger partial charge >= 0.3 is 5.97 Å². The van der Waals surface area contributed by atoms with Crippen LogP contribution in [0.5, 0.6) is 0 Å².